The molecule has 0 spiro atoms. The molecule has 512 valence electrons. The number of methoxy groups -OCH3 is 3. The Morgan fingerprint density at radius 2 is 1.57 bits per heavy atom. The van der Waals surface area contributed by atoms with Crippen LogP contribution in [0.4, 0.5) is 11.8 Å². The van der Waals surface area contributed by atoms with E-state index in [4.69, 9.17) is 48.6 Å². The van der Waals surface area contributed by atoms with Crippen molar-refractivity contribution in [2.24, 2.45) is 46.4 Å². The molecular formula is C69H103N11O13. The smallest absolute Gasteiger partial charge is 0.332 e. The van der Waals surface area contributed by atoms with Crippen molar-refractivity contribution >= 4 is 35.7 Å². The molecule has 5 fully saturated rings. The van der Waals surface area contributed by atoms with Crippen molar-refractivity contribution in [1.82, 2.24) is 39.8 Å². The second-order valence-electron chi connectivity index (χ2n) is 27.8. The number of ketones is 1. The van der Waals surface area contributed by atoms with Crippen LogP contribution in [0.2, 0.25) is 0 Å². The molecule has 0 bridgehead atoms. The summed E-state index contributed by atoms with van der Waals surface area (Å²) >= 11 is 0. The number of aliphatic hydroxyl groups is 2. The van der Waals surface area contributed by atoms with Gasteiger partial charge >= 0.3 is 11.9 Å². The standard InChI is InChI=1S/C69H103N11O13/c1-17-50(60(86-14)47-21-19-46(20-22-47)48-34-73-66(70)74-35-48)80-37-49(76-77-80)25-26-78(13)51-29-40(5)89-65(59(51)82)92-62-41(6)55(52-31-67(10,87-15)61(83)44(9)90-52)42(7)63(84)91-53(18-2)69(12)56(43(8)58(81)38(3)30-68(62,11)88-16)57(64(85)93-69)72-33-45-23-27-79(28-24-45)54-36-71-32-39(4)75-54/h19-22,32-38,40-45,50-53,55-57,59-62,65,82-83H,17-18,23-31H2,1-16H3,(H2,70,73,74)/b72-33-/t38-,40-,41+,42-,43-,44+,50-,51+,52-,53-,55?,56+,57?,59-,60-,61+,62-,65+,67-,68-,69-/m1/s1. The minimum atomic E-state index is -1.47. The Morgan fingerprint density at radius 1 is 0.882 bits per heavy atom. The SMILES string of the molecule is CC[C@H]([C@H](OC)c1ccc(-c2cnc(N)nc2)cc1)n1cc(CCN(C)[C@H]2C[C@@H](C)O[C@@H](O[C@@H]3[C@@H](C)C([C@H]4C[C@@](C)(OC)[C@@H](O)[C@H](C)O4)[C@@H](C)C(=O)O[C@H](CC)[C@@]4(C)OC(=O)C(/N=C\C5CCN(c6cncc(C)n6)CC5)[C@@H]4[C@@H](C)C(=O)[C@H](C)C[C@@]3(C)OC)[C@@H]2O)nn1. The Bertz CT molecular complexity index is 3170. The highest BCUT2D eigenvalue weighted by molar-refractivity contribution is 5.88. The molecule has 5 aliphatic heterocycles. The number of aliphatic imine (C=N–C) groups is 1. The maximum atomic E-state index is 15.5. The van der Waals surface area contributed by atoms with Crippen LogP contribution in [0.15, 0.2) is 60.2 Å². The van der Waals surface area contributed by atoms with Crippen molar-refractivity contribution in [2.75, 3.05) is 58.6 Å². The summed E-state index contributed by atoms with van der Waals surface area (Å²) < 4.78 is 54.7. The Hall–Kier alpha value is -5.96. The van der Waals surface area contributed by atoms with E-state index in [1.807, 2.05) is 104 Å². The number of aryl methyl sites for hydroxylation is 1. The molecule has 0 aliphatic carbocycles. The normalized spacial score (nSPS) is 35.9. The van der Waals surface area contributed by atoms with Gasteiger partial charge in [-0.15, -0.1) is 5.10 Å². The number of benzene rings is 1. The number of carbonyl (C=O) groups excluding carboxylic acids is 3. The molecule has 5 saturated heterocycles. The van der Waals surface area contributed by atoms with E-state index < -0.39 is 119 Å². The average Bonchev–Trinajstić information content (AvgIpc) is 1.70. The van der Waals surface area contributed by atoms with Crippen molar-refractivity contribution in [3.8, 4) is 11.1 Å². The van der Waals surface area contributed by atoms with Gasteiger partial charge < -0.3 is 63.6 Å². The van der Waals surface area contributed by atoms with E-state index in [-0.39, 0.29) is 55.2 Å². The first-order valence-electron chi connectivity index (χ1n) is 33.5. The number of aliphatic hydroxyl groups excluding tert-OH is 2. The topological polar surface area (TPSA) is 293 Å². The first-order valence-corrected chi connectivity index (χ1v) is 33.5. The van der Waals surface area contributed by atoms with Gasteiger partial charge in [0, 0.05) is 120 Å². The number of carbonyl (C=O) groups is 3. The van der Waals surface area contributed by atoms with Crippen LogP contribution in [0.3, 0.4) is 0 Å². The van der Waals surface area contributed by atoms with Crippen molar-refractivity contribution in [3.05, 3.63) is 72.2 Å². The first-order chi connectivity index (χ1) is 44.2. The summed E-state index contributed by atoms with van der Waals surface area (Å²) in [5.41, 5.74) is 6.23. The van der Waals surface area contributed by atoms with E-state index in [2.05, 4.69) is 47.0 Å². The number of rotatable bonds is 19. The molecule has 5 aliphatic rings. The molecule has 21 atom stereocenters. The number of Topliss-reactive ketones (excluding diaryl/α,β-unsaturated/α-hetero) is 1. The molecule has 8 heterocycles. The van der Waals surface area contributed by atoms with E-state index in [1.165, 1.54) is 0 Å². The van der Waals surface area contributed by atoms with Gasteiger partial charge in [0.1, 0.15) is 36.0 Å². The van der Waals surface area contributed by atoms with Gasteiger partial charge in [-0.05, 0) is 110 Å². The Labute approximate surface area is 548 Å². The summed E-state index contributed by atoms with van der Waals surface area (Å²) in [5, 5.41) is 33.5. The van der Waals surface area contributed by atoms with Crippen molar-refractivity contribution in [1.29, 1.82) is 0 Å². The number of nitrogen functional groups attached to an aromatic ring is 1. The number of piperidine rings is 1. The van der Waals surface area contributed by atoms with Gasteiger partial charge in [0.2, 0.25) is 5.95 Å². The quantitative estimate of drug-likeness (QED) is 0.0602. The van der Waals surface area contributed by atoms with E-state index in [0.29, 0.717) is 25.8 Å². The lowest BCUT2D eigenvalue weighted by atomic mass is 9.66. The summed E-state index contributed by atoms with van der Waals surface area (Å²) in [6.45, 7) is 24.5. The van der Waals surface area contributed by atoms with Gasteiger partial charge in [0.25, 0.3) is 0 Å². The molecule has 0 radical (unpaired) electrons. The lowest BCUT2D eigenvalue weighted by molar-refractivity contribution is -0.305. The molecule has 93 heavy (non-hydrogen) atoms. The van der Waals surface area contributed by atoms with E-state index in [1.54, 1.807) is 66.9 Å². The van der Waals surface area contributed by atoms with Crippen LogP contribution >= 0.6 is 0 Å². The second kappa shape index (κ2) is 30.0. The Balaban J connectivity index is 0.986. The molecular weight excluding hydrogens is 1190 g/mol. The number of nitrogens with two attached hydrogens (primary N) is 1. The number of aromatic nitrogens is 7. The highest BCUT2D eigenvalue weighted by Gasteiger charge is 2.62. The first kappa shape index (κ1) is 71.3. The lowest BCUT2D eigenvalue weighted by Gasteiger charge is -2.52. The van der Waals surface area contributed by atoms with Crippen molar-refractivity contribution < 1.29 is 62.5 Å². The number of ether oxygens (including phenoxy) is 8. The molecule has 24 heteroatoms. The van der Waals surface area contributed by atoms with Gasteiger partial charge in [0.15, 0.2) is 17.9 Å². The molecule has 4 N–H and O–H groups in total. The van der Waals surface area contributed by atoms with Crippen LogP contribution < -0.4 is 10.6 Å². The van der Waals surface area contributed by atoms with Gasteiger partial charge in [0.05, 0.1) is 65.2 Å². The molecule has 2 unspecified atom stereocenters. The third-order valence-corrected chi connectivity index (χ3v) is 21.5. The number of esters is 2. The van der Waals surface area contributed by atoms with Gasteiger partial charge in [-0.3, -0.25) is 19.6 Å². The van der Waals surface area contributed by atoms with Gasteiger partial charge in [-0.25, -0.2) is 24.4 Å². The third kappa shape index (κ3) is 15.2. The van der Waals surface area contributed by atoms with Crippen LogP contribution in [0.5, 0.6) is 0 Å². The summed E-state index contributed by atoms with van der Waals surface area (Å²) in [7, 11) is 6.79. The van der Waals surface area contributed by atoms with E-state index in [0.717, 1.165) is 59.8 Å². The number of nitrogens with zero attached hydrogens (tertiary/aromatic N) is 10. The maximum absolute atomic E-state index is 15.5. The monoisotopic (exact) mass is 1290 g/mol. The summed E-state index contributed by atoms with van der Waals surface area (Å²) in [6.07, 6.45) is 6.91. The number of hydrogen-bond donors (Lipinski definition) is 3. The molecule has 0 saturated carbocycles. The number of fused-ring (bicyclic) bond motifs is 1. The van der Waals surface area contributed by atoms with Crippen LogP contribution in [0.25, 0.3) is 11.1 Å². The number of hydrogen-bond acceptors (Lipinski definition) is 23. The summed E-state index contributed by atoms with van der Waals surface area (Å²) in [6, 6.07) is 6.39. The molecule has 1 aromatic carbocycles. The predicted molar refractivity (Wildman–Crippen MR) is 349 cm³/mol. The van der Waals surface area contributed by atoms with Crippen molar-refractivity contribution in [2.45, 2.75) is 225 Å². The van der Waals surface area contributed by atoms with Crippen molar-refractivity contribution in [3.63, 3.8) is 0 Å². The molecule has 0 amide bonds. The largest absolute Gasteiger partial charge is 0.458 e. The second-order valence-corrected chi connectivity index (χ2v) is 27.8. The number of likely N-dealkylation sites (N-methyl/N-ethyl adjacent to an activating group) is 1. The molecule has 9 rings (SSSR count). The zero-order valence-corrected chi connectivity index (χ0v) is 57.5. The van der Waals surface area contributed by atoms with E-state index in [9.17, 15) is 15.0 Å². The minimum Gasteiger partial charge on any atom is -0.458 e. The summed E-state index contributed by atoms with van der Waals surface area (Å²) in [5.74, 6) is -4.96. The van der Waals surface area contributed by atoms with E-state index >= 15 is 9.59 Å². The Morgan fingerprint density at radius 3 is 2.20 bits per heavy atom. The summed E-state index contributed by atoms with van der Waals surface area (Å²) in [4.78, 5) is 72.1. The lowest BCUT2D eigenvalue weighted by Crippen LogP contribution is -2.62. The van der Waals surface area contributed by atoms with Gasteiger partial charge in [-0.2, -0.15) is 0 Å². The molecule has 24 nitrogen and oxygen atoms in total. The molecule has 3 aromatic heterocycles. The molecule has 4 aromatic rings. The van der Waals surface area contributed by atoms with Crippen LogP contribution in [0, 0.1) is 48.3 Å². The third-order valence-electron chi connectivity index (χ3n) is 21.5. The number of anilines is 2. The van der Waals surface area contributed by atoms with Crippen LogP contribution in [0.1, 0.15) is 150 Å². The zero-order valence-electron chi connectivity index (χ0n) is 57.5. The van der Waals surface area contributed by atoms with Crippen LogP contribution in [-0.4, -0.2) is 200 Å². The van der Waals surface area contributed by atoms with Crippen LogP contribution in [-0.2, 0) is 58.7 Å². The number of cyclic esters (lactones) is 1. The predicted octanol–water partition coefficient (Wildman–Crippen LogP) is 7.57. The minimum absolute atomic E-state index is 0.0380. The van der Waals surface area contributed by atoms with Gasteiger partial charge in [-0.1, -0.05) is 71.0 Å². The highest BCUT2D eigenvalue weighted by Crippen LogP contribution is 2.49. The average molecular weight is 1290 g/mol. The highest BCUT2D eigenvalue weighted by atomic mass is 16.7. The zero-order chi connectivity index (χ0) is 67.4. The fraction of sp³-hybridized carbons (Fsp3) is 0.710. The Kier molecular flexibility index (Phi) is 23.0. The fourth-order valence-corrected chi connectivity index (χ4v) is 15.9. The maximum Gasteiger partial charge on any atom is 0.332 e. The fourth-order valence-electron chi connectivity index (χ4n) is 15.9.